The van der Waals surface area contributed by atoms with E-state index in [9.17, 15) is 9.50 Å². The molecule has 5 heteroatoms. The molecule has 1 aliphatic rings. The third-order valence-electron chi connectivity index (χ3n) is 5.30. The molecule has 1 aliphatic heterocycles. The summed E-state index contributed by atoms with van der Waals surface area (Å²) in [6, 6.07) is 20.0. The van der Waals surface area contributed by atoms with Crippen LogP contribution in [0.15, 0.2) is 71.7 Å². The summed E-state index contributed by atoms with van der Waals surface area (Å²) in [7, 11) is 0. The third kappa shape index (κ3) is 4.21. The van der Waals surface area contributed by atoms with Gasteiger partial charge in [-0.15, -0.1) is 0 Å². The van der Waals surface area contributed by atoms with Gasteiger partial charge in [0.15, 0.2) is 11.5 Å². The van der Waals surface area contributed by atoms with Crippen LogP contribution in [0.4, 0.5) is 4.39 Å². The van der Waals surface area contributed by atoms with Gasteiger partial charge in [0, 0.05) is 23.7 Å². The van der Waals surface area contributed by atoms with E-state index >= 15 is 0 Å². The molecule has 2 atom stereocenters. The van der Waals surface area contributed by atoms with Crippen LogP contribution in [0, 0.1) is 12.7 Å². The molecule has 0 bridgehead atoms. The molecule has 0 fully saturated rings. The van der Waals surface area contributed by atoms with Gasteiger partial charge in [0.1, 0.15) is 12.0 Å². The predicted octanol–water partition coefficient (Wildman–Crippen LogP) is 5.46. The van der Waals surface area contributed by atoms with Crippen molar-refractivity contribution in [3.63, 3.8) is 0 Å². The fraction of sp³-hybridized carbons (Fsp3) is 0.240. The first-order valence-corrected chi connectivity index (χ1v) is 10.1. The Morgan fingerprint density at radius 2 is 1.87 bits per heavy atom. The van der Waals surface area contributed by atoms with Gasteiger partial charge in [-0.2, -0.15) is 0 Å². The van der Waals surface area contributed by atoms with Crippen molar-refractivity contribution >= 4 is 5.71 Å². The number of aliphatic imine (C=N–C) groups is 1. The fourth-order valence-corrected chi connectivity index (χ4v) is 3.77. The maximum atomic E-state index is 13.9. The summed E-state index contributed by atoms with van der Waals surface area (Å²) in [5.74, 6) is 0.281. The molecular weight excluding hydrogens is 379 g/mol. The third-order valence-corrected chi connectivity index (χ3v) is 5.30. The molecular formula is C25H25FN2O2. The predicted molar refractivity (Wildman–Crippen MR) is 117 cm³/mol. The van der Waals surface area contributed by atoms with Crippen LogP contribution in [-0.2, 0) is 0 Å². The average Bonchev–Trinajstić information content (AvgIpc) is 2.75. The van der Waals surface area contributed by atoms with Crippen LogP contribution in [0.2, 0.25) is 0 Å². The standard InChI is InChI=1S/C25H25FN2O2/c1-3-30-23-9-5-8-20(24(23)29)22-15-21(17-12-10-16(2)11-13-17)27-25(28-22)18-6-4-7-19(26)14-18/h4-14,22,25,28-29H,3,15H2,1-2H3/t22-,25+/m1/s1. The number of para-hydroxylation sites is 1. The van der Waals surface area contributed by atoms with Crippen LogP contribution < -0.4 is 10.1 Å². The lowest BCUT2D eigenvalue weighted by Crippen LogP contribution is -2.33. The second-order valence-corrected chi connectivity index (χ2v) is 7.45. The summed E-state index contributed by atoms with van der Waals surface area (Å²) in [5, 5.41) is 14.3. The highest BCUT2D eigenvalue weighted by atomic mass is 19.1. The van der Waals surface area contributed by atoms with Gasteiger partial charge in [0.25, 0.3) is 0 Å². The summed E-state index contributed by atoms with van der Waals surface area (Å²) >= 11 is 0. The number of aryl methyl sites for hydroxylation is 1. The Morgan fingerprint density at radius 1 is 1.10 bits per heavy atom. The van der Waals surface area contributed by atoms with Gasteiger partial charge in [0.05, 0.1) is 6.61 Å². The number of benzene rings is 3. The summed E-state index contributed by atoms with van der Waals surface area (Å²) in [4.78, 5) is 4.88. The molecule has 154 valence electrons. The maximum Gasteiger partial charge on any atom is 0.162 e. The van der Waals surface area contributed by atoms with Gasteiger partial charge in [-0.1, -0.05) is 54.1 Å². The Kier molecular flexibility index (Phi) is 5.81. The van der Waals surface area contributed by atoms with Crippen molar-refractivity contribution in [1.82, 2.24) is 5.32 Å². The van der Waals surface area contributed by atoms with Crippen LogP contribution in [0.1, 0.15) is 47.8 Å². The highest BCUT2D eigenvalue weighted by molar-refractivity contribution is 6.01. The Morgan fingerprint density at radius 3 is 2.60 bits per heavy atom. The quantitative estimate of drug-likeness (QED) is 0.594. The van der Waals surface area contributed by atoms with E-state index < -0.39 is 6.17 Å². The number of nitrogens with zero attached hydrogens (tertiary/aromatic N) is 1. The lowest BCUT2D eigenvalue weighted by Gasteiger charge is -2.31. The second kappa shape index (κ2) is 8.67. The molecule has 0 unspecified atom stereocenters. The van der Waals surface area contributed by atoms with Crippen molar-refractivity contribution in [1.29, 1.82) is 0 Å². The largest absolute Gasteiger partial charge is 0.504 e. The first kappa shape index (κ1) is 20.1. The zero-order valence-electron chi connectivity index (χ0n) is 17.1. The zero-order chi connectivity index (χ0) is 21.1. The number of aromatic hydroxyl groups is 1. The van der Waals surface area contributed by atoms with Crippen molar-refractivity contribution < 1.29 is 14.2 Å². The normalized spacial score (nSPS) is 18.7. The first-order valence-electron chi connectivity index (χ1n) is 10.1. The Labute approximate surface area is 176 Å². The number of halogens is 1. The second-order valence-electron chi connectivity index (χ2n) is 7.45. The van der Waals surface area contributed by atoms with E-state index in [2.05, 4.69) is 29.6 Å². The Balaban J connectivity index is 1.75. The molecule has 0 aromatic heterocycles. The molecule has 2 N–H and O–H groups in total. The summed E-state index contributed by atoms with van der Waals surface area (Å²) < 4.78 is 19.4. The number of hydrogen-bond donors (Lipinski definition) is 2. The van der Waals surface area contributed by atoms with Gasteiger partial charge in [-0.05, 0) is 43.2 Å². The molecule has 1 heterocycles. The van der Waals surface area contributed by atoms with E-state index in [1.54, 1.807) is 12.1 Å². The van der Waals surface area contributed by atoms with Gasteiger partial charge < -0.3 is 9.84 Å². The molecule has 0 radical (unpaired) electrons. The molecule has 30 heavy (non-hydrogen) atoms. The number of rotatable bonds is 5. The SMILES string of the molecule is CCOc1cccc([C@H]2CC(c3ccc(C)cc3)=N[C@H](c3cccc(F)c3)N2)c1O. The van der Waals surface area contributed by atoms with Gasteiger partial charge in [0.2, 0.25) is 0 Å². The Bertz CT molecular complexity index is 1060. The molecule has 4 rings (SSSR count). The zero-order valence-corrected chi connectivity index (χ0v) is 17.1. The molecule has 0 aliphatic carbocycles. The van der Waals surface area contributed by atoms with Crippen molar-refractivity contribution in [3.05, 3.63) is 94.8 Å². The van der Waals surface area contributed by atoms with Crippen LogP contribution >= 0.6 is 0 Å². The molecule has 0 spiro atoms. The molecule has 0 saturated heterocycles. The molecule has 3 aromatic carbocycles. The number of hydrogen-bond acceptors (Lipinski definition) is 4. The highest BCUT2D eigenvalue weighted by Gasteiger charge is 2.28. The van der Waals surface area contributed by atoms with Crippen LogP contribution in [0.25, 0.3) is 0 Å². The lowest BCUT2D eigenvalue weighted by molar-refractivity contribution is 0.313. The van der Waals surface area contributed by atoms with E-state index in [4.69, 9.17) is 9.73 Å². The van der Waals surface area contributed by atoms with Crippen LogP contribution in [0.3, 0.4) is 0 Å². The smallest absolute Gasteiger partial charge is 0.162 e. The first-order chi connectivity index (χ1) is 14.5. The minimum Gasteiger partial charge on any atom is -0.504 e. The molecule has 4 nitrogen and oxygen atoms in total. The molecule has 0 saturated carbocycles. The van der Waals surface area contributed by atoms with E-state index in [1.807, 2.05) is 32.0 Å². The lowest BCUT2D eigenvalue weighted by atomic mass is 9.93. The van der Waals surface area contributed by atoms with Crippen LogP contribution in [0.5, 0.6) is 11.5 Å². The number of nitrogens with one attached hydrogen (secondary N) is 1. The van der Waals surface area contributed by atoms with Gasteiger partial charge in [-0.3, -0.25) is 10.3 Å². The average molecular weight is 404 g/mol. The summed E-state index contributed by atoms with van der Waals surface area (Å²) in [6.45, 7) is 4.40. The van der Waals surface area contributed by atoms with Gasteiger partial charge in [-0.25, -0.2) is 4.39 Å². The minimum atomic E-state index is -0.425. The highest BCUT2D eigenvalue weighted by Crippen LogP contribution is 2.38. The summed E-state index contributed by atoms with van der Waals surface area (Å²) in [5.41, 5.74) is 4.59. The van der Waals surface area contributed by atoms with E-state index in [0.29, 0.717) is 18.8 Å². The number of phenols is 1. The minimum absolute atomic E-state index is 0.125. The maximum absolute atomic E-state index is 13.9. The van der Waals surface area contributed by atoms with Crippen molar-refractivity contribution in [3.8, 4) is 11.5 Å². The topological polar surface area (TPSA) is 53.8 Å². The monoisotopic (exact) mass is 404 g/mol. The van der Waals surface area contributed by atoms with E-state index in [1.165, 1.54) is 17.7 Å². The molecule has 3 aromatic rings. The van der Waals surface area contributed by atoms with E-state index in [-0.39, 0.29) is 17.6 Å². The fourth-order valence-electron chi connectivity index (χ4n) is 3.77. The van der Waals surface area contributed by atoms with Crippen LogP contribution in [-0.4, -0.2) is 17.4 Å². The van der Waals surface area contributed by atoms with Crippen molar-refractivity contribution in [2.75, 3.05) is 6.61 Å². The van der Waals surface area contributed by atoms with Crippen molar-refractivity contribution in [2.45, 2.75) is 32.5 Å². The summed E-state index contributed by atoms with van der Waals surface area (Å²) in [6.07, 6.45) is 0.170. The van der Waals surface area contributed by atoms with E-state index in [0.717, 1.165) is 22.4 Å². The van der Waals surface area contributed by atoms with Crippen molar-refractivity contribution in [2.24, 2.45) is 4.99 Å². The molecule has 0 amide bonds. The van der Waals surface area contributed by atoms with Gasteiger partial charge >= 0.3 is 0 Å². The number of phenolic OH excluding ortho intramolecular Hbond substituents is 1. The number of ether oxygens (including phenoxy) is 1. The Hall–Kier alpha value is -3.18.